The highest BCUT2D eigenvalue weighted by Crippen LogP contribution is 2.41. The van der Waals surface area contributed by atoms with Gasteiger partial charge in [-0.15, -0.1) is 0 Å². The highest BCUT2D eigenvalue weighted by Gasteiger charge is 2.50. The van der Waals surface area contributed by atoms with Crippen LogP contribution in [0.5, 0.6) is 11.5 Å². The number of hydrogen-bond acceptors (Lipinski definition) is 8. The lowest BCUT2D eigenvalue weighted by molar-refractivity contribution is -0.200. The topological polar surface area (TPSA) is 132 Å². The van der Waals surface area contributed by atoms with E-state index < -0.39 is 55.0 Å². The quantitative estimate of drug-likeness (QED) is 0.436. The fraction of sp³-hybridized carbons (Fsp3) is 0.500. The molecule has 2 saturated heterocycles. The summed E-state index contributed by atoms with van der Waals surface area (Å²) in [5.74, 6) is -0.806. The molecule has 2 atom stereocenters. The van der Waals surface area contributed by atoms with Gasteiger partial charge in [-0.25, -0.2) is 23.1 Å². The van der Waals surface area contributed by atoms with Crippen molar-refractivity contribution in [1.82, 2.24) is 14.1 Å². The Balaban J connectivity index is 1.63. The van der Waals surface area contributed by atoms with Crippen molar-refractivity contribution in [2.75, 3.05) is 39.5 Å². The summed E-state index contributed by atoms with van der Waals surface area (Å²) >= 11 is 0. The Labute approximate surface area is 234 Å². The molecule has 0 aromatic heterocycles. The lowest BCUT2D eigenvalue weighted by atomic mass is 9.90. The lowest BCUT2D eigenvalue weighted by Gasteiger charge is -2.32. The van der Waals surface area contributed by atoms with Gasteiger partial charge in [-0.1, -0.05) is 12.1 Å². The second-order valence-corrected chi connectivity index (χ2v) is 14.5. The van der Waals surface area contributed by atoms with Crippen molar-refractivity contribution >= 4 is 26.0 Å². The van der Waals surface area contributed by atoms with Gasteiger partial charge in [0.05, 0.1) is 12.2 Å². The van der Waals surface area contributed by atoms with E-state index in [2.05, 4.69) is 5.48 Å². The van der Waals surface area contributed by atoms with Crippen molar-refractivity contribution in [1.29, 1.82) is 0 Å². The molecule has 0 saturated carbocycles. The van der Waals surface area contributed by atoms with Gasteiger partial charge in [-0.2, -0.15) is 17.0 Å². The van der Waals surface area contributed by atoms with Crippen molar-refractivity contribution in [3.8, 4) is 11.5 Å². The monoisotopic (exact) mass is 599 g/mol. The third-order valence-corrected chi connectivity index (χ3v) is 11.5. The average Bonchev–Trinajstić information content (AvgIpc) is 3.06. The summed E-state index contributed by atoms with van der Waals surface area (Å²) in [6, 6.07) is 11.6. The van der Waals surface area contributed by atoms with Gasteiger partial charge in [-0.3, -0.25) is 4.79 Å². The zero-order valence-corrected chi connectivity index (χ0v) is 24.0. The number of carbonyl (C=O) groups is 1. The molecule has 220 valence electrons. The molecule has 1 amide bonds. The maximum atomic E-state index is 13.9. The van der Waals surface area contributed by atoms with Crippen molar-refractivity contribution in [3.05, 3.63) is 59.9 Å². The van der Waals surface area contributed by atoms with Gasteiger partial charge in [0.15, 0.2) is 16.1 Å². The van der Waals surface area contributed by atoms with Crippen molar-refractivity contribution in [2.45, 2.75) is 43.1 Å². The highest BCUT2D eigenvalue weighted by molar-refractivity contribution is 7.92. The van der Waals surface area contributed by atoms with Crippen LogP contribution in [-0.2, 0) is 39.2 Å². The zero-order chi connectivity index (χ0) is 29.0. The largest absolute Gasteiger partial charge is 0.457 e. The molecule has 2 aromatic carbocycles. The predicted octanol–water partition coefficient (Wildman–Crippen LogP) is 2.70. The Kier molecular flexibility index (Phi) is 9.47. The normalized spacial score (nSPS) is 23.9. The smallest absolute Gasteiger partial charge is 0.281 e. The molecule has 0 spiro atoms. The van der Waals surface area contributed by atoms with Gasteiger partial charge in [0.2, 0.25) is 5.91 Å². The van der Waals surface area contributed by atoms with Crippen molar-refractivity contribution in [2.24, 2.45) is 0 Å². The fourth-order valence-corrected chi connectivity index (χ4v) is 8.09. The number of hydrogen-bond donors (Lipinski definition) is 1. The van der Waals surface area contributed by atoms with Gasteiger partial charge in [0.25, 0.3) is 10.2 Å². The van der Waals surface area contributed by atoms with Crippen LogP contribution < -0.4 is 10.2 Å². The Morgan fingerprint density at radius 3 is 2.35 bits per heavy atom. The van der Waals surface area contributed by atoms with Gasteiger partial charge in [0.1, 0.15) is 22.1 Å². The molecule has 40 heavy (non-hydrogen) atoms. The summed E-state index contributed by atoms with van der Waals surface area (Å²) in [6.07, 6.45) is 1.09. The van der Waals surface area contributed by atoms with Crippen molar-refractivity contribution in [3.63, 3.8) is 0 Å². The zero-order valence-electron chi connectivity index (χ0n) is 22.4. The molecule has 2 aliphatic rings. The summed E-state index contributed by atoms with van der Waals surface area (Å²) in [4.78, 5) is 18.5. The highest BCUT2D eigenvalue weighted by atomic mass is 32.2. The molecule has 14 heteroatoms. The van der Waals surface area contributed by atoms with Crippen LogP contribution in [0.4, 0.5) is 4.39 Å². The number of rotatable bonds is 9. The van der Waals surface area contributed by atoms with Gasteiger partial charge >= 0.3 is 0 Å². The molecule has 2 fully saturated rings. The van der Waals surface area contributed by atoms with Crippen LogP contribution in [0.3, 0.4) is 0 Å². The average molecular weight is 600 g/mol. The van der Waals surface area contributed by atoms with E-state index >= 15 is 0 Å². The first-order valence-corrected chi connectivity index (χ1v) is 16.0. The van der Waals surface area contributed by atoms with E-state index in [1.807, 2.05) is 0 Å². The standard InChI is InChI=1S/C26H34FN3O8S2/c1-29(2)40(34,35)30-15-14-26(39(32,33)18-16-30,19-24(31)28-38-25-5-3-4-17-36-25)20-6-10-22(11-7-20)37-23-12-8-21(27)9-13-23/h6-13,25H,3-5,14-19H2,1-2H3,(H,28,31). The molecule has 4 rings (SSSR count). The molecule has 0 aliphatic carbocycles. The van der Waals surface area contributed by atoms with E-state index in [0.29, 0.717) is 30.1 Å². The molecule has 11 nitrogen and oxygen atoms in total. The van der Waals surface area contributed by atoms with Crippen LogP contribution in [0, 0.1) is 5.82 Å². The van der Waals surface area contributed by atoms with Gasteiger partial charge in [0, 0.05) is 40.2 Å². The number of sulfone groups is 1. The minimum Gasteiger partial charge on any atom is -0.457 e. The second kappa shape index (κ2) is 12.5. The summed E-state index contributed by atoms with van der Waals surface area (Å²) in [6.45, 7) is 0.138. The number of ether oxygens (including phenoxy) is 2. The maximum Gasteiger partial charge on any atom is 0.281 e. The van der Waals surface area contributed by atoms with E-state index in [1.54, 1.807) is 24.3 Å². The molecule has 0 radical (unpaired) electrons. The minimum absolute atomic E-state index is 0.118. The molecule has 2 aliphatic heterocycles. The van der Waals surface area contributed by atoms with Gasteiger partial charge < -0.3 is 9.47 Å². The number of nitrogens with zero attached hydrogens (tertiary/aromatic N) is 2. The van der Waals surface area contributed by atoms with Crippen molar-refractivity contribution < 1.29 is 40.3 Å². The molecular formula is C26H34FN3O8S2. The van der Waals surface area contributed by atoms with Gasteiger partial charge in [-0.05, 0) is 61.2 Å². The van der Waals surface area contributed by atoms with Crippen LogP contribution in [0.1, 0.15) is 37.7 Å². The predicted molar refractivity (Wildman–Crippen MR) is 145 cm³/mol. The van der Waals surface area contributed by atoms with Crippen LogP contribution >= 0.6 is 0 Å². The maximum absolute atomic E-state index is 13.9. The Bertz CT molecular complexity index is 1380. The first-order valence-electron chi connectivity index (χ1n) is 12.9. The van der Waals surface area contributed by atoms with E-state index in [1.165, 1.54) is 38.4 Å². The fourth-order valence-electron chi connectivity index (χ4n) is 4.77. The van der Waals surface area contributed by atoms with Crippen LogP contribution in [0.2, 0.25) is 0 Å². The molecule has 0 bridgehead atoms. The molecular weight excluding hydrogens is 565 g/mol. The Morgan fingerprint density at radius 1 is 1.10 bits per heavy atom. The number of halogens is 1. The number of nitrogens with one attached hydrogen (secondary N) is 1. The summed E-state index contributed by atoms with van der Waals surface area (Å²) in [5, 5.41) is 0. The SMILES string of the molecule is CN(C)S(=O)(=O)N1CCC(CC(=O)NOC2CCCCO2)(c2ccc(Oc3ccc(F)cc3)cc2)S(=O)(=O)CC1. The van der Waals surface area contributed by atoms with E-state index in [9.17, 15) is 26.0 Å². The third kappa shape index (κ3) is 6.81. The minimum atomic E-state index is -4.06. The molecule has 2 unspecified atom stereocenters. The van der Waals surface area contributed by atoms with Crippen LogP contribution in [-0.4, -0.2) is 77.2 Å². The summed E-state index contributed by atoms with van der Waals surface area (Å²) < 4.78 is 78.3. The van der Waals surface area contributed by atoms with E-state index in [0.717, 1.165) is 21.5 Å². The number of carbonyl (C=O) groups excluding carboxylic acids is 1. The molecule has 2 aromatic rings. The third-order valence-electron chi connectivity index (χ3n) is 7.08. The first-order chi connectivity index (χ1) is 18.9. The molecule has 1 N–H and O–H groups in total. The lowest BCUT2D eigenvalue weighted by Crippen LogP contribution is -2.43. The number of benzene rings is 2. The second-order valence-electron chi connectivity index (χ2n) is 9.95. The van der Waals surface area contributed by atoms with E-state index in [-0.39, 0.29) is 19.5 Å². The number of hydroxylamine groups is 1. The van der Waals surface area contributed by atoms with Crippen LogP contribution in [0.25, 0.3) is 0 Å². The van der Waals surface area contributed by atoms with Crippen LogP contribution in [0.15, 0.2) is 48.5 Å². The summed E-state index contributed by atoms with van der Waals surface area (Å²) in [5.41, 5.74) is 2.65. The Morgan fingerprint density at radius 2 is 1.75 bits per heavy atom. The first kappa shape index (κ1) is 30.3. The molecule has 2 heterocycles. The van der Waals surface area contributed by atoms with E-state index in [4.69, 9.17) is 14.3 Å². The number of amides is 1. The Hall–Kier alpha value is -2.62. The summed E-state index contributed by atoms with van der Waals surface area (Å²) in [7, 11) is -5.20.